The van der Waals surface area contributed by atoms with E-state index < -0.39 is 24.5 Å². The fourth-order valence-electron chi connectivity index (χ4n) is 3.03. The molecule has 0 bridgehead atoms. The van der Waals surface area contributed by atoms with Crippen LogP contribution < -0.4 is 10.6 Å². The van der Waals surface area contributed by atoms with Crippen LogP contribution in [-0.2, 0) is 9.53 Å². The zero-order chi connectivity index (χ0) is 22.4. The maximum atomic E-state index is 12.3. The number of carbonyl (C=O) groups excluding carboxylic acids is 3. The molecular weight excluding hydrogens is 394 g/mol. The van der Waals surface area contributed by atoms with E-state index in [4.69, 9.17) is 4.74 Å². The number of nitrogens with zero attached hydrogens (tertiary/aromatic N) is 1. The van der Waals surface area contributed by atoms with Gasteiger partial charge in [0.2, 0.25) is 0 Å². The topological polar surface area (TPSA) is 97.4 Å². The van der Waals surface area contributed by atoms with Gasteiger partial charge in [0.05, 0.1) is 17.0 Å². The van der Waals surface area contributed by atoms with Gasteiger partial charge in [-0.1, -0.05) is 48.0 Å². The molecule has 0 spiro atoms. The Morgan fingerprint density at radius 2 is 1.68 bits per heavy atom. The highest BCUT2D eigenvalue weighted by Gasteiger charge is 2.16. The minimum absolute atomic E-state index is 0.257. The maximum absolute atomic E-state index is 12.3. The van der Waals surface area contributed by atoms with Crippen molar-refractivity contribution in [3.8, 4) is 11.3 Å². The Morgan fingerprint density at radius 1 is 0.935 bits per heavy atom. The summed E-state index contributed by atoms with van der Waals surface area (Å²) in [5.74, 6) is -1.42. The molecule has 158 valence electrons. The molecule has 3 aromatic rings. The SMILES string of the molecule is Cc1ccc(NC(=O)NC(=O)COC(=O)c2ccc(-c3ccccc3)nc2C)c(C)c1. The molecule has 1 aromatic heterocycles. The van der Waals surface area contributed by atoms with E-state index in [0.717, 1.165) is 22.4 Å². The minimum Gasteiger partial charge on any atom is -0.452 e. The second-order valence-electron chi connectivity index (χ2n) is 7.09. The number of urea groups is 1. The number of amides is 3. The van der Waals surface area contributed by atoms with Crippen molar-refractivity contribution >= 4 is 23.6 Å². The van der Waals surface area contributed by atoms with Crippen LogP contribution in [0.5, 0.6) is 0 Å². The Hall–Kier alpha value is -4.00. The Labute approximate surface area is 180 Å². The highest BCUT2D eigenvalue weighted by atomic mass is 16.5. The largest absolute Gasteiger partial charge is 0.452 e. The molecule has 0 aliphatic rings. The van der Waals surface area contributed by atoms with E-state index in [0.29, 0.717) is 11.4 Å². The number of hydrogen-bond donors (Lipinski definition) is 2. The molecule has 7 heteroatoms. The molecule has 0 atom stereocenters. The molecule has 1 heterocycles. The Balaban J connectivity index is 1.54. The van der Waals surface area contributed by atoms with Crippen LogP contribution in [0.1, 0.15) is 27.2 Å². The smallest absolute Gasteiger partial charge is 0.340 e. The lowest BCUT2D eigenvalue weighted by molar-refractivity contribution is -0.123. The fourth-order valence-corrected chi connectivity index (χ4v) is 3.03. The van der Waals surface area contributed by atoms with E-state index in [1.807, 2.05) is 56.3 Å². The summed E-state index contributed by atoms with van der Waals surface area (Å²) >= 11 is 0. The lowest BCUT2D eigenvalue weighted by atomic mass is 10.1. The van der Waals surface area contributed by atoms with Crippen molar-refractivity contribution in [2.45, 2.75) is 20.8 Å². The van der Waals surface area contributed by atoms with Crippen molar-refractivity contribution in [3.63, 3.8) is 0 Å². The number of rotatable bonds is 5. The number of esters is 1. The van der Waals surface area contributed by atoms with Crippen molar-refractivity contribution < 1.29 is 19.1 Å². The van der Waals surface area contributed by atoms with Crippen molar-refractivity contribution in [3.05, 3.63) is 83.0 Å². The summed E-state index contributed by atoms with van der Waals surface area (Å²) in [6.07, 6.45) is 0. The molecule has 0 saturated carbocycles. The van der Waals surface area contributed by atoms with Gasteiger partial charge in [-0.25, -0.2) is 9.59 Å². The summed E-state index contributed by atoms with van der Waals surface area (Å²) in [7, 11) is 0. The second kappa shape index (κ2) is 9.67. The molecule has 3 amide bonds. The highest BCUT2D eigenvalue weighted by molar-refractivity contribution is 6.02. The number of pyridine rings is 1. The number of benzene rings is 2. The van der Waals surface area contributed by atoms with Crippen molar-refractivity contribution in [1.29, 1.82) is 0 Å². The predicted octanol–water partition coefficient (Wildman–Crippen LogP) is 4.18. The number of nitrogens with one attached hydrogen (secondary N) is 2. The third-order valence-corrected chi connectivity index (χ3v) is 4.59. The second-order valence-corrected chi connectivity index (χ2v) is 7.09. The highest BCUT2D eigenvalue weighted by Crippen LogP contribution is 2.19. The number of imide groups is 1. The number of aromatic nitrogens is 1. The summed E-state index contributed by atoms with van der Waals surface area (Å²) in [5.41, 5.74) is 4.93. The zero-order valence-electron chi connectivity index (χ0n) is 17.6. The first-order valence-corrected chi connectivity index (χ1v) is 9.72. The molecule has 0 fully saturated rings. The van der Waals surface area contributed by atoms with Crippen LogP contribution in [0.4, 0.5) is 10.5 Å². The summed E-state index contributed by atoms with van der Waals surface area (Å²) < 4.78 is 5.04. The average molecular weight is 417 g/mol. The lowest BCUT2D eigenvalue weighted by Crippen LogP contribution is -2.37. The molecule has 2 aromatic carbocycles. The van der Waals surface area contributed by atoms with E-state index in [1.54, 1.807) is 25.1 Å². The monoisotopic (exact) mass is 417 g/mol. The summed E-state index contributed by atoms with van der Waals surface area (Å²) in [5, 5.41) is 4.74. The predicted molar refractivity (Wildman–Crippen MR) is 118 cm³/mol. The van der Waals surface area contributed by atoms with Gasteiger partial charge in [-0.3, -0.25) is 15.1 Å². The number of ether oxygens (including phenoxy) is 1. The molecule has 0 radical (unpaired) electrons. The first-order valence-electron chi connectivity index (χ1n) is 9.72. The Kier molecular flexibility index (Phi) is 6.77. The van der Waals surface area contributed by atoms with Crippen molar-refractivity contribution in [2.75, 3.05) is 11.9 Å². The molecule has 0 unspecified atom stereocenters. The molecule has 3 rings (SSSR count). The van der Waals surface area contributed by atoms with E-state index >= 15 is 0 Å². The standard InChI is InChI=1S/C24H23N3O4/c1-15-9-11-20(16(2)13-15)26-24(30)27-22(28)14-31-23(29)19-10-12-21(25-17(19)3)18-7-5-4-6-8-18/h4-13H,14H2,1-3H3,(H2,26,27,28,30). The number of anilines is 1. The van der Waals surface area contributed by atoms with Gasteiger partial charge < -0.3 is 10.1 Å². The molecule has 7 nitrogen and oxygen atoms in total. The van der Waals surface area contributed by atoms with Crippen LogP contribution in [0.2, 0.25) is 0 Å². The third-order valence-electron chi connectivity index (χ3n) is 4.59. The van der Waals surface area contributed by atoms with Crippen molar-refractivity contribution in [1.82, 2.24) is 10.3 Å². The van der Waals surface area contributed by atoms with Gasteiger partial charge in [0.1, 0.15) is 0 Å². The van der Waals surface area contributed by atoms with Crippen molar-refractivity contribution in [2.24, 2.45) is 0 Å². The molecule has 0 aliphatic heterocycles. The lowest BCUT2D eigenvalue weighted by Gasteiger charge is -2.11. The van der Waals surface area contributed by atoms with Gasteiger partial charge >= 0.3 is 12.0 Å². The van der Waals surface area contributed by atoms with E-state index in [1.165, 1.54) is 0 Å². The normalized spacial score (nSPS) is 10.3. The van der Waals surface area contributed by atoms with Gasteiger partial charge in [-0.05, 0) is 44.5 Å². The van der Waals surface area contributed by atoms with E-state index in [9.17, 15) is 14.4 Å². The fraction of sp³-hybridized carbons (Fsp3) is 0.167. The van der Waals surface area contributed by atoms with E-state index in [2.05, 4.69) is 15.6 Å². The zero-order valence-corrected chi connectivity index (χ0v) is 17.6. The maximum Gasteiger partial charge on any atom is 0.340 e. The van der Waals surface area contributed by atoms with Crippen LogP contribution in [0.25, 0.3) is 11.3 Å². The number of carbonyl (C=O) groups is 3. The van der Waals surface area contributed by atoms with Gasteiger partial charge in [0.25, 0.3) is 5.91 Å². The van der Waals surface area contributed by atoms with Gasteiger partial charge in [-0.15, -0.1) is 0 Å². The third kappa shape index (κ3) is 5.76. The Bertz CT molecular complexity index is 1130. The van der Waals surface area contributed by atoms with Crippen LogP contribution in [0, 0.1) is 20.8 Å². The minimum atomic E-state index is -0.734. The average Bonchev–Trinajstić information content (AvgIpc) is 2.74. The molecule has 0 saturated heterocycles. The molecule has 31 heavy (non-hydrogen) atoms. The summed E-state index contributed by atoms with van der Waals surface area (Å²) in [6, 6.07) is 17.7. The van der Waals surface area contributed by atoms with Gasteiger partial charge in [0.15, 0.2) is 6.61 Å². The molecule has 0 aliphatic carbocycles. The summed E-state index contributed by atoms with van der Waals surface area (Å²) in [4.78, 5) is 40.7. The van der Waals surface area contributed by atoms with Crippen LogP contribution in [0.3, 0.4) is 0 Å². The Morgan fingerprint density at radius 3 is 2.35 bits per heavy atom. The molecule has 2 N–H and O–H groups in total. The van der Waals surface area contributed by atoms with Crippen LogP contribution in [-0.4, -0.2) is 29.5 Å². The number of hydrogen-bond acceptors (Lipinski definition) is 5. The summed E-state index contributed by atoms with van der Waals surface area (Å²) in [6.45, 7) is 4.91. The van der Waals surface area contributed by atoms with Crippen LogP contribution >= 0.6 is 0 Å². The van der Waals surface area contributed by atoms with E-state index in [-0.39, 0.29) is 5.56 Å². The molecular formula is C24H23N3O4. The van der Waals surface area contributed by atoms with Crippen LogP contribution in [0.15, 0.2) is 60.7 Å². The first-order chi connectivity index (χ1) is 14.8. The van der Waals surface area contributed by atoms with Gasteiger partial charge in [0, 0.05) is 11.3 Å². The quantitative estimate of drug-likeness (QED) is 0.607. The number of aryl methyl sites for hydroxylation is 3. The van der Waals surface area contributed by atoms with Gasteiger partial charge in [-0.2, -0.15) is 0 Å². The first kappa shape index (κ1) is 21.7.